The summed E-state index contributed by atoms with van der Waals surface area (Å²) in [5.74, 6) is -2.57. The Bertz CT molecular complexity index is 637. The lowest BCUT2D eigenvalue weighted by molar-refractivity contribution is -0.222. The van der Waals surface area contributed by atoms with E-state index in [1.807, 2.05) is 30.3 Å². The van der Waals surface area contributed by atoms with E-state index in [0.29, 0.717) is 0 Å². The van der Waals surface area contributed by atoms with Gasteiger partial charge in [0.25, 0.3) is 5.79 Å². The van der Waals surface area contributed by atoms with Crippen LogP contribution >= 0.6 is 0 Å². The fraction of sp³-hybridized carbons (Fsp3) is 0.368. The highest BCUT2D eigenvalue weighted by atomic mass is 16.7. The lowest BCUT2D eigenvalue weighted by Crippen LogP contribution is -2.41. The van der Waals surface area contributed by atoms with Crippen LogP contribution in [0.25, 0.3) is 5.70 Å². The minimum absolute atomic E-state index is 0.111. The Morgan fingerprint density at radius 1 is 1.12 bits per heavy atom. The van der Waals surface area contributed by atoms with Crippen molar-refractivity contribution in [2.75, 3.05) is 6.54 Å². The first-order valence-electron chi connectivity index (χ1n) is 8.11. The summed E-state index contributed by atoms with van der Waals surface area (Å²) < 4.78 is 10.2. The van der Waals surface area contributed by atoms with Crippen molar-refractivity contribution in [3.63, 3.8) is 0 Å². The summed E-state index contributed by atoms with van der Waals surface area (Å²) in [5.41, 5.74) is 1.70. The standard InChI is InChI=1S/C19H23NO4/c1-4-5-13-20-16(14-9-7-6-8-10-14)12-11-15-17(21)23-19(2,3)24-18(15)22/h6-12,20H,4-5,13H2,1-3H3. The minimum atomic E-state index is -1.23. The number of ether oxygens (including phenoxy) is 2. The molecule has 1 saturated heterocycles. The van der Waals surface area contributed by atoms with Gasteiger partial charge in [-0.3, -0.25) is 0 Å². The van der Waals surface area contributed by atoms with Gasteiger partial charge >= 0.3 is 11.9 Å². The van der Waals surface area contributed by atoms with Crippen LogP contribution in [0, 0.1) is 0 Å². The SMILES string of the molecule is CCCCNC(=CC=C1C(=O)OC(C)(C)OC1=O)c1ccccc1. The number of hydrogen-bond acceptors (Lipinski definition) is 5. The van der Waals surface area contributed by atoms with Crippen LogP contribution < -0.4 is 5.32 Å². The number of cyclic esters (lactones) is 2. The Balaban J connectivity index is 2.25. The molecule has 0 aliphatic carbocycles. The summed E-state index contributed by atoms with van der Waals surface area (Å²) >= 11 is 0. The summed E-state index contributed by atoms with van der Waals surface area (Å²) in [4.78, 5) is 24.0. The maximum atomic E-state index is 12.0. The van der Waals surface area contributed by atoms with Crippen LogP contribution in [0.15, 0.2) is 48.1 Å². The van der Waals surface area contributed by atoms with Gasteiger partial charge in [0.05, 0.1) is 0 Å². The third-order valence-electron chi connectivity index (χ3n) is 3.46. The molecule has 0 amide bonds. The highest BCUT2D eigenvalue weighted by molar-refractivity contribution is 6.15. The Labute approximate surface area is 142 Å². The number of unbranched alkanes of at least 4 members (excludes halogenated alkanes) is 1. The summed E-state index contributed by atoms with van der Waals surface area (Å²) in [6, 6.07) is 9.73. The summed E-state index contributed by atoms with van der Waals surface area (Å²) in [6.07, 6.45) is 5.26. The predicted molar refractivity (Wildman–Crippen MR) is 91.7 cm³/mol. The van der Waals surface area contributed by atoms with Gasteiger partial charge in [-0.05, 0) is 24.1 Å². The van der Waals surface area contributed by atoms with Crippen molar-refractivity contribution in [2.45, 2.75) is 39.4 Å². The Kier molecular flexibility index (Phi) is 5.79. The van der Waals surface area contributed by atoms with Crippen LogP contribution in [-0.4, -0.2) is 24.3 Å². The van der Waals surface area contributed by atoms with E-state index < -0.39 is 17.7 Å². The summed E-state index contributed by atoms with van der Waals surface area (Å²) in [7, 11) is 0. The minimum Gasteiger partial charge on any atom is -0.419 e. The topological polar surface area (TPSA) is 64.6 Å². The molecule has 1 aliphatic rings. The molecule has 0 atom stereocenters. The lowest BCUT2D eigenvalue weighted by atomic mass is 10.1. The van der Waals surface area contributed by atoms with E-state index in [2.05, 4.69) is 12.2 Å². The van der Waals surface area contributed by atoms with Gasteiger partial charge in [-0.1, -0.05) is 43.7 Å². The van der Waals surface area contributed by atoms with E-state index in [0.717, 1.165) is 30.6 Å². The first-order valence-corrected chi connectivity index (χ1v) is 8.11. The van der Waals surface area contributed by atoms with Crippen LogP contribution in [0.2, 0.25) is 0 Å². The highest BCUT2D eigenvalue weighted by Crippen LogP contribution is 2.23. The van der Waals surface area contributed by atoms with Crippen LogP contribution in [0.4, 0.5) is 0 Å². The van der Waals surface area contributed by atoms with E-state index >= 15 is 0 Å². The van der Waals surface area contributed by atoms with Crippen LogP contribution in [0.1, 0.15) is 39.2 Å². The largest absolute Gasteiger partial charge is 0.419 e. The molecule has 0 bridgehead atoms. The normalized spacial score (nSPS) is 17.1. The van der Waals surface area contributed by atoms with E-state index in [4.69, 9.17) is 9.47 Å². The fourth-order valence-corrected chi connectivity index (χ4v) is 2.24. The van der Waals surface area contributed by atoms with E-state index in [-0.39, 0.29) is 5.57 Å². The fourth-order valence-electron chi connectivity index (χ4n) is 2.24. The number of rotatable bonds is 6. The molecule has 1 N–H and O–H groups in total. The van der Waals surface area contributed by atoms with Crippen molar-refractivity contribution in [2.24, 2.45) is 0 Å². The van der Waals surface area contributed by atoms with Crippen molar-refractivity contribution in [3.05, 3.63) is 53.6 Å². The molecule has 1 heterocycles. The van der Waals surface area contributed by atoms with Gasteiger partial charge in [0.15, 0.2) is 0 Å². The number of carbonyl (C=O) groups excluding carboxylic acids is 2. The summed E-state index contributed by atoms with van der Waals surface area (Å²) in [6.45, 7) is 5.97. The monoisotopic (exact) mass is 329 g/mol. The van der Waals surface area contributed by atoms with E-state index in [1.54, 1.807) is 6.08 Å². The molecule has 128 valence electrons. The second-order valence-corrected chi connectivity index (χ2v) is 5.99. The Hall–Kier alpha value is -2.56. The number of hydrogen-bond donors (Lipinski definition) is 1. The molecule has 0 radical (unpaired) electrons. The molecule has 2 rings (SSSR count). The molecule has 5 heteroatoms. The van der Waals surface area contributed by atoms with Crippen molar-refractivity contribution in [1.82, 2.24) is 5.32 Å². The number of carbonyl (C=O) groups is 2. The van der Waals surface area contributed by atoms with Crippen molar-refractivity contribution >= 4 is 17.6 Å². The average molecular weight is 329 g/mol. The predicted octanol–water partition coefficient (Wildman–Crippen LogP) is 3.18. The molecule has 0 aromatic heterocycles. The molecule has 0 saturated carbocycles. The van der Waals surface area contributed by atoms with Gasteiger partial charge in [-0.25, -0.2) is 9.59 Å². The first kappa shape index (κ1) is 17.8. The third-order valence-corrected chi connectivity index (χ3v) is 3.46. The first-order chi connectivity index (χ1) is 11.4. The molecule has 1 aromatic carbocycles. The second kappa shape index (κ2) is 7.81. The van der Waals surface area contributed by atoms with Gasteiger partial charge in [-0.15, -0.1) is 0 Å². The number of esters is 2. The molecule has 0 spiro atoms. The lowest BCUT2D eigenvalue weighted by Gasteiger charge is -2.29. The van der Waals surface area contributed by atoms with E-state index in [9.17, 15) is 9.59 Å². The quantitative estimate of drug-likeness (QED) is 0.376. The number of allylic oxidation sites excluding steroid dienone is 2. The molecule has 1 aliphatic heterocycles. The maximum absolute atomic E-state index is 12.0. The molecule has 1 fully saturated rings. The van der Waals surface area contributed by atoms with Gasteiger partial charge < -0.3 is 14.8 Å². The number of nitrogens with one attached hydrogen (secondary N) is 1. The van der Waals surface area contributed by atoms with Gasteiger partial charge in [0, 0.05) is 26.1 Å². The second-order valence-electron chi connectivity index (χ2n) is 5.99. The zero-order valence-electron chi connectivity index (χ0n) is 14.3. The summed E-state index contributed by atoms with van der Waals surface area (Å²) in [5, 5.41) is 3.33. The van der Waals surface area contributed by atoms with Crippen LogP contribution in [0.5, 0.6) is 0 Å². The zero-order valence-corrected chi connectivity index (χ0v) is 14.3. The van der Waals surface area contributed by atoms with Crippen LogP contribution in [0.3, 0.4) is 0 Å². The highest BCUT2D eigenvalue weighted by Gasteiger charge is 2.38. The van der Waals surface area contributed by atoms with E-state index in [1.165, 1.54) is 19.9 Å². The average Bonchev–Trinajstić information content (AvgIpc) is 2.52. The van der Waals surface area contributed by atoms with Crippen molar-refractivity contribution in [1.29, 1.82) is 0 Å². The van der Waals surface area contributed by atoms with Gasteiger partial charge in [0.2, 0.25) is 0 Å². The molecule has 1 aromatic rings. The smallest absolute Gasteiger partial charge is 0.348 e. The maximum Gasteiger partial charge on any atom is 0.348 e. The molecule has 0 unspecified atom stereocenters. The van der Waals surface area contributed by atoms with Gasteiger partial charge in [0.1, 0.15) is 5.57 Å². The molecule has 5 nitrogen and oxygen atoms in total. The molecular formula is C19H23NO4. The van der Waals surface area contributed by atoms with Crippen molar-refractivity contribution in [3.8, 4) is 0 Å². The third kappa shape index (κ3) is 4.72. The van der Waals surface area contributed by atoms with Crippen molar-refractivity contribution < 1.29 is 19.1 Å². The Morgan fingerprint density at radius 2 is 1.75 bits per heavy atom. The zero-order chi connectivity index (χ0) is 17.6. The van der Waals surface area contributed by atoms with Crippen LogP contribution in [-0.2, 0) is 19.1 Å². The van der Waals surface area contributed by atoms with Gasteiger partial charge in [-0.2, -0.15) is 0 Å². The number of benzene rings is 1. The molecular weight excluding hydrogens is 306 g/mol. The molecule has 24 heavy (non-hydrogen) atoms. The Morgan fingerprint density at radius 3 is 2.33 bits per heavy atom.